The summed E-state index contributed by atoms with van der Waals surface area (Å²) >= 11 is 9.49. The molecule has 0 aromatic heterocycles. The van der Waals surface area contributed by atoms with Gasteiger partial charge in [-0.05, 0) is 37.1 Å². The number of carbonyl (C=O) groups is 2. The molecular formula is C21H24BrClN2O3. The van der Waals surface area contributed by atoms with Crippen molar-refractivity contribution in [3.8, 4) is 5.75 Å². The topological polar surface area (TPSA) is 58.6 Å². The molecule has 0 unspecified atom stereocenters. The Morgan fingerprint density at radius 1 is 1.21 bits per heavy atom. The van der Waals surface area contributed by atoms with Crippen molar-refractivity contribution in [3.05, 3.63) is 63.1 Å². The third-order valence-electron chi connectivity index (χ3n) is 4.35. The van der Waals surface area contributed by atoms with Crippen molar-refractivity contribution in [2.24, 2.45) is 0 Å². The molecule has 0 fully saturated rings. The third-order valence-corrected chi connectivity index (χ3v) is 5.14. The van der Waals surface area contributed by atoms with Crippen molar-refractivity contribution < 1.29 is 14.3 Å². The van der Waals surface area contributed by atoms with Gasteiger partial charge >= 0.3 is 0 Å². The molecule has 0 aliphatic rings. The van der Waals surface area contributed by atoms with Crippen LogP contribution in [0.5, 0.6) is 5.75 Å². The molecule has 1 atom stereocenters. The molecule has 150 valence electrons. The fourth-order valence-corrected chi connectivity index (χ4v) is 3.52. The number of amides is 2. The van der Waals surface area contributed by atoms with Crippen molar-refractivity contribution in [2.45, 2.75) is 32.9 Å². The standard InChI is InChI=1S/C21H24BrClN2O3/c1-4-18(21(27)24-3)25(12-15-7-5-14(2)6-8-15)20(26)13-28-19-10-9-16(22)11-17(19)23/h5-11,18H,4,12-13H2,1-3H3,(H,24,27)/t18-/m1/s1. The Morgan fingerprint density at radius 3 is 2.46 bits per heavy atom. The summed E-state index contributed by atoms with van der Waals surface area (Å²) in [4.78, 5) is 26.8. The van der Waals surface area contributed by atoms with E-state index in [1.807, 2.05) is 38.1 Å². The SMILES string of the molecule is CC[C@H](C(=O)NC)N(Cc1ccc(C)cc1)C(=O)COc1ccc(Br)cc1Cl. The summed E-state index contributed by atoms with van der Waals surface area (Å²) in [5, 5.41) is 3.04. The van der Waals surface area contributed by atoms with Crippen LogP contribution < -0.4 is 10.1 Å². The fraction of sp³-hybridized carbons (Fsp3) is 0.333. The molecule has 0 bridgehead atoms. The number of rotatable bonds is 8. The number of benzene rings is 2. The molecule has 28 heavy (non-hydrogen) atoms. The van der Waals surface area contributed by atoms with Crippen molar-refractivity contribution in [1.82, 2.24) is 10.2 Å². The van der Waals surface area contributed by atoms with Crippen molar-refractivity contribution >= 4 is 39.3 Å². The van der Waals surface area contributed by atoms with E-state index in [4.69, 9.17) is 16.3 Å². The van der Waals surface area contributed by atoms with E-state index in [1.54, 1.807) is 30.1 Å². The van der Waals surface area contributed by atoms with Gasteiger partial charge in [0.15, 0.2) is 6.61 Å². The minimum atomic E-state index is -0.581. The minimum Gasteiger partial charge on any atom is -0.482 e. The average molecular weight is 468 g/mol. The molecule has 0 saturated carbocycles. The zero-order valence-electron chi connectivity index (χ0n) is 16.2. The van der Waals surface area contributed by atoms with E-state index in [1.165, 1.54) is 0 Å². The maximum atomic E-state index is 13.0. The molecule has 5 nitrogen and oxygen atoms in total. The van der Waals surface area contributed by atoms with Crippen LogP contribution in [0.1, 0.15) is 24.5 Å². The lowest BCUT2D eigenvalue weighted by Gasteiger charge is -2.30. The van der Waals surface area contributed by atoms with Crippen LogP contribution in [-0.2, 0) is 16.1 Å². The van der Waals surface area contributed by atoms with Gasteiger partial charge in [0.25, 0.3) is 5.91 Å². The van der Waals surface area contributed by atoms with Crippen molar-refractivity contribution in [3.63, 3.8) is 0 Å². The monoisotopic (exact) mass is 466 g/mol. The summed E-state index contributed by atoms with van der Waals surface area (Å²) in [6, 6.07) is 12.5. The highest BCUT2D eigenvalue weighted by atomic mass is 79.9. The Morgan fingerprint density at radius 2 is 1.89 bits per heavy atom. The predicted molar refractivity (Wildman–Crippen MR) is 115 cm³/mol. The summed E-state index contributed by atoms with van der Waals surface area (Å²) in [6.07, 6.45) is 0.496. The first-order chi connectivity index (χ1) is 13.3. The van der Waals surface area contributed by atoms with Crippen LogP contribution in [0.3, 0.4) is 0 Å². The van der Waals surface area contributed by atoms with Gasteiger partial charge in [0.05, 0.1) is 5.02 Å². The molecule has 1 N–H and O–H groups in total. The van der Waals surface area contributed by atoms with Crippen LogP contribution in [0, 0.1) is 6.92 Å². The lowest BCUT2D eigenvalue weighted by Crippen LogP contribution is -2.49. The quantitative estimate of drug-likeness (QED) is 0.628. The smallest absolute Gasteiger partial charge is 0.261 e. The van der Waals surface area contributed by atoms with Crippen LogP contribution >= 0.6 is 27.5 Å². The van der Waals surface area contributed by atoms with Gasteiger partial charge in [-0.2, -0.15) is 0 Å². The summed E-state index contributed by atoms with van der Waals surface area (Å²) in [5.41, 5.74) is 2.08. The Balaban J connectivity index is 2.19. The van der Waals surface area contributed by atoms with Gasteiger partial charge in [0.1, 0.15) is 11.8 Å². The van der Waals surface area contributed by atoms with E-state index in [-0.39, 0.29) is 18.4 Å². The predicted octanol–water partition coefficient (Wildman–Crippen LogP) is 4.34. The highest BCUT2D eigenvalue weighted by molar-refractivity contribution is 9.10. The molecule has 2 aromatic rings. The van der Waals surface area contributed by atoms with Gasteiger partial charge in [0, 0.05) is 18.1 Å². The molecule has 2 amide bonds. The van der Waals surface area contributed by atoms with E-state index < -0.39 is 6.04 Å². The molecule has 2 rings (SSSR count). The van der Waals surface area contributed by atoms with Crippen molar-refractivity contribution in [2.75, 3.05) is 13.7 Å². The van der Waals surface area contributed by atoms with Gasteiger partial charge in [-0.15, -0.1) is 0 Å². The first-order valence-electron chi connectivity index (χ1n) is 9.00. The molecule has 7 heteroatoms. The third kappa shape index (κ3) is 5.97. The van der Waals surface area contributed by atoms with Gasteiger partial charge in [-0.25, -0.2) is 0 Å². The normalized spacial score (nSPS) is 11.6. The number of likely N-dealkylation sites (N-methyl/N-ethyl adjacent to an activating group) is 1. The van der Waals surface area contributed by atoms with Gasteiger partial charge in [-0.3, -0.25) is 9.59 Å². The summed E-state index contributed by atoms with van der Waals surface area (Å²) in [5.74, 6) is -0.0684. The number of aryl methyl sites for hydroxylation is 1. The largest absolute Gasteiger partial charge is 0.482 e. The highest BCUT2D eigenvalue weighted by Crippen LogP contribution is 2.27. The molecule has 0 radical (unpaired) electrons. The Labute approximate surface area is 179 Å². The first kappa shape index (κ1) is 22.2. The molecule has 0 aliphatic heterocycles. The van der Waals surface area contributed by atoms with Gasteiger partial charge in [0.2, 0.25) is 5.91 Å². The lowest BCUT2D eigenvalue weighted by molar-refractivity contribution is -0.142. The number of carbonyl (C=O) groups excluding carboxylic acids is 2. The molecule has 0 saturated heterocycles. The number of hydrogen-bond donors (Lipinski definition) is 1. The van der Waals surface area contributed by atoms with E-state index in [2.05, 4.69) is 21.2 Å². The van der Waals surface area contributed by atoms with E-state index in [0.29, 0.717) is 23.7 Å². The first-order valence-corrected chi connectivity index (χ1v) is 10.2. The molecule has 0 aliphatic carbocycles. The van der Waals surface area contributed by atoms with E-state index in [0.717, 1.165) is 15.6 Å². The number of hydrogen-bond acceptors (Lipinski definition) is 3. The maximum Gasteiger partial charge on any atom is 0.261 e. The Hall–Kier alpha value is -2.05. The second-order valence-corrected chi connectivity index (χ2v) is 7.73. The summed E-state index contributed by atoms with van der Waals surface area (Å²) < 4.78 is 6.45. The van der Waals surface area contributed by atoms with Crippen LogP contribution in [-0.4, -0.2) is 36.4 Å². The van der Waals surface area contributed by atoms with Crippen LogP contribution in [0.4, 0.5) is 0 Å². The number of nitrogens with one attached hydrogen (secondary N) is 1. The van der Waals surface area contributed by atoms with Crippen molar-refractivity contribution in [1.29, 1.82) is 0 Å². The van der Waals surface area contributed by atoms with E-state index in [9.17, 15) is 9.59 Å². The molecule has 2 aromatic carbocycles. The Kier molecular flexibility index (Phi) is 8.33. The average Bonchev–Trinajstić information content (AvgIpc) is 2.68. The molecule has 0 heterocycles. The van der Waals surface area contributed by atoms with E-state index >= 15 is 0 Å². The van der Waals surface area contributed by atoms with Crippen LogP contribution in [0.2, 0.25) is 5.02 Å². The fourth-order valence-electron chi connectivity index (χ4n) is 2.79. The van der Waals surface area contributed by atoms with Gasteiger partial charge in [-0.1, -0.05) is 64.3 Å². The molecular weight excluding hydrogens is 444 g/mol. The van der Waals surface area contributed by atoms with Crippen LogP contribution in [0.25, 0.3) is 0 Å². The zero-order valence-corrected chi connectivity index (χ0v) is 18.5. The summed E-state index contributed by atoms with van der Waals surface area (Å²) in [6.45, 7) is 3.99. The lowest BCUT2D eigenvalue weighted by atomic mass is 10.1. The summed E-state index contributed by atoms with van der Waals surface area (Å²) in [7, 11) is 1.57. The number of ether oxygens (including phenoxy) is 1. The zero-order chi connectivity index (χ0) is 20.7. The maximum absolute atomic E-state index is 13.0. The second kappa shape index (κ2) is 10.5. The second-order valence-electron chi connectivity index (χ2n) is 6.41. The highest BCUT2D eigenvalue weighted by Gasteiger charge is 2.28. The number of halogens is 2. The van der Waals surface area contributed by atoms with Gasteiger partial charge < -0.3 is 15.0 Å². The van der Waals surface area contributed by atoms with Crippen LogP contribution in [0.15, 0.2) is 46.9 Å². The Bertz CT molecular complexity index is 827. The number of nitrogens with zero attached hydrogens (tertiary/aromatic N) is 1. The molecule has 0 spiro atoms. The minimum absolute atomic E-state index is 0.204.